The van der Waals surface area contributed by atoms with Gasteiger partial charge < -0.3 is 10.2 Å². The summed E-state index contributed by atoms with van der Waals surface area (Å²) in [6.45, 7) is 4.43. The quantitative estimate of drug-likeness (QED) is 0.774. The van der Waals surface area contributed by atoms with Gasteiger partial charge in [0, 0.05) is 8.96 Å². The Hall–Kier alpha value is -0.950. The Kier molecular flexibility index (Phi) is 3.11. The van der Waals surface area contributed by atoms with E-state index < -0.39 is 0 Å². The molecule has 2 aromatic rings. The van der Waals surface area contributed by atoms with E-state index in [1.54, 1.807) is 6.33 Å². The molecule has 3 rings (SSSR count). The van der Waals surface area contributed by atoms with Gasteiger partial charge in [-0.25, -0.2) is 9.97 Å². The molecule has 88 valence electrons. The molecule has 0 unspecified atom stereocenters. The average molecular weight is 341 g/mol. The SMILES string of the molecule is Ic1ccc2ncnc(N3CC[NH2+]CC3)c2c1. The summed E-state index contributed by atoms with van der Waals surface area (Å²) < 4.78 is 1.23. The molecule has 2 N–H and O–H groups in total. The Labute approximate surface area is 114 Å². The molecule has 1 aromatic heterocycles. The highest BCUT2D eigenvalue weighted by Gasteiger charge is 2.16. The van der Waals surface area contributed by atoms with Crippen molar-refractivity contribution in [2.75, 3.05) is 31.1 Å². The van der Waals surface area contributed by atoms with Gasteiger partial charge in [0.15, 0.2) is 0 Å². The van der Waals surface area contributed by atoms with Crippen LogP contribution in [-0.2, 0) is 0 Å². The summed E-state index contributed by atoms with van der Waals surface area (Å²) >= 11 is 2.34. The molecule has 0 aliphatic carbocycles. The van der Waals surface area contributed by atoms with Crippen LogP contribution in [0.3, 0.4) is 0 Å². The number of nitrogens with zero attached hydrogens (tertiary/aromatic N) is 3. The fourth-order valence-corrected chi connectivity index (χ4v) is 2.72. The van der Waals surface area contributed by atoms with Crippen LogP contribution in [0.2, 0.25) is 0 Å². The summed E-state index contributed by atoms with van der Waals surface area (Å²) in [7, 11) is 0. The molecule has 5 heteroatoms. The van der Waals surface area contributed by atoms with Gasteiger partial charge in [-0.15, -0.1) is 0 Å². The van der Waals surface area contributed by atoms with Crippen LogP contribution < -0.4 is 10.2 Å². The van der Waals surface area contributed by atoms with Crippen LogP contribution in [0.25, 0.3) is 10.9 Å². The number of anilines is 1. The van der Waals surface area contributed by atoms with E-state index in [-0.39, 0.29) is 0 Å². The molecule has 4 nitrogen and oxygen atoms in total. The molecule has 17 heavy (non-hydrogen) atoms. The maximum absolute atomic E-state index is 4.47. The minimum Gasteiger partial charge on any atom is -0.345 e. The van der Waals surface area contributed by atoms with Crippen LogP contribution in [0.5, 0.6) is 0 Å². The highest BCUT2D eigenvalue weighted by atomic mass is 127. The molecule has 2 heterocycles. The molecule has 0 bridgehead atoms. The Morgan fingerprint density at radius 1 is 1.18 bits per heavy atom. The second-order valence-electron chi connectivity index (χ2n) is 4.21. The van der Waals surface area contributed by atoms with E-state index in [1.165, 1.54) is 8.96 Å². The lowest BCUT2D eigenvalue weighted by Crippen LogP contribution is -2.89. The van der Waals surface area contributed by atoms with E-state index in [0.29, 0.717) is 0 Å². The Morgan fingerprint density at radius 2 is 2.00 bits per heavy atom. The van der Waals surface area contributed by atoms with E-state index in [0.717, 1.165) is 37.5 Å². The highest BCUT2D eigenvalue weighted by Crippen LogP contribution is 2.24. The normalized spacial score (nSPS) is 16.4. The third-order valence-corrected chi connectivity index (χ3v) is 3.75. The third-order valence-electron chi connectivity index (χ3n) is 3.08. The summed E-state index contributed by atoms with van der Waals surface area (Å²) in [4.78, 5) is 11.2. The average Bonchev–Trinajstić information content (AvgIpc) is 2.39. The molecule has 0 amide bonds. The first-order valence-corrected chi connectivity index (χ1v) is 6.89. The number of fused-ring (bicyclic) bond motifs is 1. The van der Waals surface area contributed by atoms with Crippen molar-refractivity contribution in [3.8, 4) is 0 Å². The van der Waals surface area contributed by atoms with E-state index in [1.807, 2.05) is 0 Å². The first-order chi connectivity index (χ1) is 8.34. The van der Waals surface area contributed by atoms with Gasteiger partial charge in [0.2, 0.25) is 0 Å². The number of rotatable bonds is 1. The van der Waals surface area contributed by atoms with Gasteiger partial charge in [-0.1, -0.05) is 0 Å². The first kappa shape index (κ1) is 11.2. The molecule has 1 aliphatic rings. The zero-order valence-corrected chi connectivity index (χ0v) is 11.6. The minimum absolute atomic E-state index is 1.03. The van der Waals surface area contributed by atoms with Crippen molar-refractivity contribution in [1.29, 1.82) is 0 Å². The van der Waals surface area contributed by atoms with Gasteiger partial charge in [0.05, 0.1) is 31.7 Å². The van der Waals surface area contributed by atoms with Crippen LogP contribution in [0, 0.1) is 3.57 Å². The molecule has 1 aromatic carbocycles. The zero-order chi connectivity index (χ0) is 11.7. The van der Waals surface area contributed by atoms with Gasteiger partial charge in [-0.3, -0.25) is 0 Å². The molecular weight excluding hydrogens is 327 g/mol. The maximum Gasteiger partial charge on any atom is 0.140 e. The fourth-order valence-electron chi connectivity index (χ4n) is 2.23. The third kappa shape index (κ3) is 2.21. The van der Waals surface area contributed by atoms with E-state index in [4.69, 9.17) is 0 Å². The molecule has 1 fully saturated rings. The number of aromatic nitrogens is 2. The van der Waals surface area contributed by atoms with Gasteiger partial charge in [-0.2, -0.15) is 0 Å². The van der Waals surface area contributed by atoms with Crippen LogP contribution >= 0.6 is 22.6 Å². The molecular formula is C12H14IN4+. The Bertz CT molecular complexity index is 537. The lowest BCUT2D eigenvalue weighted by atomic mass is 10.2. The summed E-state index contributed by atoms with van der Waals surface area (Å²) in [5, 5.41) is 3.52. The standard InChI is InChI=1S/C12H13IN4/c13-9-1-2-11-10(7-9)12(16-8-15-11)17-5-3-14-4-6-17/h1-2,7-8,14H,3-6H2/p+1. The number of benzene rings is 1. The molecule has 0 atom stereocenters. The number of halogens is 1. The second-order valence-corrected chi connectivity index (χ2v) is 5.46. The second kappa shape index (κ2) is 4.73. The lowest BCUT2D eigenvalue weighted by molar-refractivity contribution is -0.655. The number of hydrogen-bond acceptors (Lipinski definition) is 3. The van der Waals surface area contributed by atoms with Crippen molar-refractivity contribution in [3.05, 3.63) is 28.1 Å². The van der Waals surface area contributed by atoms with Crippen molar-refractivity contribution in [2.24, 2.45) is 0 Å². The smallest absolute Gasteiger partial charge is 0.140 e. The van der Waals surface area contributed by atoms with E-state index in [2.05, 4.69) is 61.0 Å². The first-order valence-electron chi connectivity index (χ1n) is 5.81. The topological polar surface area (TPSA) is 45.6 Å². The van der Waals surface area contributed by atoms with E-state index in [9.17, 15) is 0 Å². The molecule has 0 spiro atoms. The van der Waals surface area contributed by atoms with Crippen molar-refractivity contribution >= 4 is 39.3 Å². The minimum atomic E-state index is 1.03. The van der Waals surface area contributed by atoms with Crippen LogP contribution in [0.1, 0.15) is 0 Å². The van der Waals surface area contributed by atoms with Gasteiger partial charge in [0.1, 0.15) is 12.1 Å². The molecule has 1 aliphatic heterocycles. The van der Waals surface area contributed by atoms with Crippen LogP contribution in [0.15, 0.2) is 24.5 Å². The molecule has 0 saturated carbocycles. The largest absolute Gasteiger partial charge is 0.345 e. The fraction of sp³-hybridized carbons (Fsp3) is 0.333. The van der Waals surface area contributed by atoms with Crippen LogP contribution in [0.4, 0.5) is 5.82 Å². The van der Waals surface area contributed by atoms with Gasteiger partial charge in [-0.05, 0) is 40.8 Å². The summed E-state index contributed by atoms with van der Waals surface area (Å²) in [5.41, 5.74) is 1.03. The van der Waals surface area contributed by atoms with E-state index >= 15 is 0 Å². The number of quaternary nitrogens is 1. The molecule has 0 radical (unpaired) electrons. The number of hydrogen-bond donors (Lipinski definition) is 1. The molecule has 1 saturated heterocycles. The van der Waals surface area contributed by atoms with Crippen molar-refractivity contribution in [1.82, 2.24) is 9.97 Å². The maximum atomic E-state index is 4.47. The number of nitrogens with two attached hydrogens (primary N) is 1. The van der Waals surface area contributed by atoms with Crippen molar-refractivity contribution in [2.45, 2.75) is 0 Å². The predicted octanol–water partition coefficient (Wildman–Crippen LogP) is 0.618. The Balaban J connectivity index is 2.11. The van der Waals surface area contributed by atoms with Crippen molar-refractivity contribution in [3.63, 3.8) is 0 Å². The Morgan fingerprint density at radius 3 is 2.82 bits per heavy atom. The highest BCUT2D eigenvalue weighted by molar-refractivity contribution is 14.1. The lowest BCUT2D eigenvalue weighted by Gasteiger charge is -2.26. The number of piperazine rings is 1. The van der Waals surface area contributed by atoms with Crippen LogP contribution in [-0.4, -0.2) is 36.1 Å². The monoisotopic (exact) mass is 341 g/mol. The zero-order valence-electron chi connectivity index (χ0n) is 9.43. The van der Waals surface area contributed by atoms with Crippen molar-refractivity contribution < 1.29 is 5.32 Å². The van der Waals surface area contributed by atoms with Gasteiger partial charge in [0.25, 0.3) is 0 Å². The van der Waals surface area contributed by atoms with Gasteiger partial charge >= 0.3 is 0 Å². The summed E-state index contributed by atoms with van der Waals surface area (Å²) in [6, 6.07) is 6.32. The summed E-state index contributed by atoms with van der Waals surface area (Å²) in [6.07, 6.45) is 1.67. The predicted molar refractivity (Wildman–Crippen MR) is 76.1 cm³/mol. The summed E-state index contributed by atoms with van der Waals surface area (Å²) in [5.74, 6) is 1.08.